The van der Waals surface area contributed by atoms with Crippen LogP contribution in [0.5, 0.6) is 0 Å². The van der Waals surface area contributed by atoms with Crippen molar-refractivity contribution >= 4 is 22.8 Å². The number of hydrogen-bond donors (Lipinski definition) is 0. The SMILES string of the molecule is CN1CCN(c2nc(N3CCOCC3)c3ncccc3n2)CC1. The molecular formula is C16H22N6O. The number of ether oxygens (including phenoxy) is 1. The zero-order valence-electron chi connectivity index (χ0n) is 13.5. The van der Waals surface area contributed by atoms with Crippen LogP contribution in [-0.2, 0) is 4.74 Å². The summed E-state index contributed by atoms with van der Waals surface area (Å²) in [4.78, 5) is 21.0. The standard InChI is InChI=1S/C16H22N6O/c1-20-5-7-22(8-6-20)16-18-13-3-2-4-17-14(13)15(19-16)21-9-11-23-12-10-21/h2-4H,5-12H2,1H3. The largest absolute Gasteiger partial charge is 0.378 e. The summed E-state index contributed by atoms with van der Waals surface area (Å²) in [6, 6.07) is 3.96. The van der Waals surface area contributed by atoms with Crippen LogP contribution < -0.4 is 9.80 Å². The third-order valence-electron chi connectivity index (χ3n) is 4.52. The molecule has 0 saturated carbocycles. The molecule has 2 aliphatic rings. The second kappa shape index (κ2) is 6.25. The van der Waals surface area contributed by atoms with Crippen LogP contribution in [0.2, 0.25) is 0 Å². The maximum atomic E-state index is 5.47. The van der Waals surface area contributed by atoms with Crippen molar-refractivity contribution in [2.75, 3.05) is 69.3 Å². The Morgan fingerprint density at radius 2 is 1.74 bits per heavy atom. The van der Waals surface area contributed by atoms with Crippen LogP contribution in [0.4, 0.5) is 11.8 Å². The highest BCUT2D eigenvalue weighted by Crippen LogP contribution is 2.25. The third-order valence-corrected chi connectivity index (χ3v) is 4.52. The van der Waals surface area contributed by atoms with Crippen LogP contribution in [0.3, 0.4) is 0 Å². The molecule has 0 aromatic carbocycles. The Labute approximate surface area is 135 Å². The van der Waals surface area contributed by atoms with Crippen LogP contribution in [0.1, 0.15) is 0 Å². The molecule has 0 spiro atoms. The van der Waals surface area contributed by atoms with Crippen molar-refractivity contribution in [2.24, 2.45) is 0 Å². The maximum Gasteiger partial charge on any atom is 0.228 e. The van der Waals surface area contributed by atoms with E-state index in [-0.39, 0.29) is 0 Å². The number of piperazine rings is 1. The molecule has 23 heavy (non-hydrogen) atoms. The predicted molar refractivity (Wildman–Crippen MR) is 90.1 cm³/mol. The first-order chi connectivity index (χ1) is 11.3. The van der Waals surface area contributed by atoms with Crippen LogP contribution in [-0.4, -0.2) is 79.4 Å². The number of nitrogens with zero attached hydrogens (tertiary/aromatic N) is 6. The lowest BCUT2D eigenvalue weighted by molar-refractivity contribution is 0.122. The Balaban J connectivity index is 1.74. The van der Waals surface area contributed by atoms with Gasteiger partial charge in [0.05, 0.1) is 18.7 Å². The van der Waals surface area contributed by atoms with Gasteiger partial charge in [-0.3, -0.25) is 4.98 Å². The van der Waals surface area contributed by atoms with Crippen LogP contribution in [0.15, 0.2) is 18.3 Å². The Bertz CT molecular complexity index is 679. The number of hydrogen-bond acceptors (Lipinski definition) is 7. The number of rotatable bonds is 2. The minimum Gasteiger partial charge on any atom is -0.378 e. The molecule has 0 radical (unpaired) electrons. The molecule has 0 bridgehead atoms. The molecular weight excluding hydrogens is 292 g/mol. The van der Waals surface area contributed by atoms with E-state index in [1.165, 1.54) is 0 Å². The fourth-order valence-electron chi connectivity index (χ4n) is 3.08. The van der Waals surface area contributed by atoms with Crippen molar-refractivity contribution in [3.05, 3.63) is 18.3 Å². The molecule has 0 unspecified atom stereocenters. The Morgan fingerprint density at radius 1 is 0.957 bits per heavy atom. The summed E-state index contributed by atoms with van der Waals surface area (Å²) in [7, 11) is 2.15. The van der Waals surface area contributed by atoms with Gasteiger partial charge in [0, 0.05) is 45.5 Å². The van der Waals surface area contributed by atoms with E-state index in [1.54, 1.807) is 0 Å². The van der Waals surface area contributed by atoms with E-state index in [1.807, 2.05) is 18.3 Å². The molecule has 7 nitrogen and oxygen atoms in total. The highest BCUT2D eigenvalue weighted by Gasteiger charge is 2.22. The molecule has 0 N–H and O–H groups in total. The minimum atomic E-state index is 0.738. The van der Waals surface area contributed by atoms with Gasteiger partial charge in [-0.1, -0.05) is 0 Å². The van der Waals surface area contributed by atoms with E-state index in [2.05, 4.69) is 26.7 Å². The average molecular weight is 314 g/mol. The van der Waals surface area contributed by atoms with Crippen molar-refractivity contribution in [3.63, 3.8) is 0 Å². The van der Waals surface area contributed by atoms with Gasteiger partial charge in [-0.05, 0) is 19.2 Å². The fourth-order valence-corrected chi connectivity index (χ4v) is 3.08. The van der Waals surface area contributed by atoms with E-state index in [0.717, 1.165) is 75.3 Å². The highest BCUT2D eigenvalue weighted by molar-refractivity contribution is 5.86. The molecule has 0 atom stereocenters. The quantitative estimate of drug-likeness (QED) is 0.805. The smallest absolute Gasteiger partial charge is 0.228 e. The Hall–Kier alpha value is -1.99. The van der Waals surface area contributed by atoms with Crippen molar-refractivity contribution in [2.45, 2.75) is 0 Å². The Kier molecular flexibility index (Phi) is 3.97. The number of morpholine rings is 1. The first-order valence-corrected chi connectivity index (χ1v) is 8.20. The fraction of sp³-hybridized carbons (Fsp3) is 0.562. The van der Waals surface area contributed by atoms with Gasteiger partial charge in [0.2, 0.25) is 5.95 Å². The summed E-state index contributed by atoms with van der Waals surface area (Å²) >= 11 is 0. The summed E-state index contributed by atoms with van der Waals surface area (Å²) in [6.07, 6.45) is 1.81. The van der Waals surface area contributed by atoms with Crippen molar-refractivity contribution in [3.8, 4) is 0 Å². The van der Waals surface area contributed by atoms with Gasteiger partial charge in [-0.15, -0.1) is 0 Å². The normalized spacial score (nSPS) is 20.2. The van der Waals surface area contributed by atoms with Crippen molar-refractivity contribution in [1.29, 1.82) is 0 Å². The number of pyridine rings is 1. The molecule has 7 heteroatoms. The van der Waals surface area contributed by atoms with E-state index < -0.39 is 0 Å². The lowest BCUT2D eigenvalue weighted by Gasteiger charge is -2.33. The predicted octanol–water partition coefficient (Wildman–Crippen LogP) is 0.613. The molecule has 2 fully saturated rings. The molecule has 122 valence electrons. The van der Waals surface area contributed by atoms with Gasteiger partial charge in [0.25, 0.3) is 0 Å². The van der Waals surface area contributed by atoms with Gasteiger partial charge in [-0.25, -0.2) is 4.98 Å². The van der Waals surface area contributed by atoms with Crippen LogP contribution in [0.25, 0.3) is 11.0 Å². The summed E-state index contributed by atoms with van der Waals surface area (Å²) in [5.41, 5.74) is 1.80. The zero-order valence-corrected chi connectivity index (χ0v) is 13.5. The zero-order chi connectivity index (χ0) is 15.6. The summed E-state index contributed by atoms with van der Waals surface area (Å²) < 4.78 is 5.47. The molecule has 2 aliphatic heterocycles. The van der Waals surface area contributed by atoms with Gasteiger partial charge in [0.15, 0.2) is 5.82 Å². The summed E-state index contributed by atoms with van der Waals surface area (Å²) in [5, 5.41) is 0. The molecule has 2 aromatic rings. The maximum absolute atomic E-state index is 5.47. The lowest BCUT2D eigenvalue weighted by Crippen LogP contribution is -2.45. The van der Waals surface area contributed by atoms with Gasteiger partial charge in [-0.2, -0.15) is 4.98 Å². The number of aromatic nitrogens is 3. The molecule has 4 heterocycles. The van der Waals surface area contributed by atoms with Gasteiger partial charge >= 0.3 is 0 Å². The Morgan fingerprint density at radius 3 is 2.52 bits per heavy atom. The molecule has 2 aromatic heterocycles. The van der Waals surface area contributed by atoms with E-state index in [9.17, 15) is 0 Å². The molecule has 0 amide bonds. The van der Waals surface area contributed by atoms with Crippen molar-refractivity contribution < 1.29 is 4.74 Å². The first-order valence-electron chi connectivity index (χ1n) is 8.20. The number of likely N-dealkylation sites (N-methyl/N-ethyl adjacent to an activating group) is 1. The monoisotopic (exact) mass is 314 g/mol. The first kappa shape index (κ1) is 14.6. The van der Waals surface area contributed by atoms with Crippen molar-refractivity contribution in [1.82, 2.24) is 19.9 Å². The van der Waals surface area contributed by atoms with Gasteiger partial charge in [0.1, 0.15) is 5.52 Å². The summed E-state index contributed by atoms with van der Waals surface area (Å²) in [6.45, 7) is 7.19. The highest BCUT2D eigenvalue weighted by atomic mass is 16.5. The van der Waals surface area contributed by atoms with Gasteiger partial charge < -0.3 is 19.4 Å². The topological polar surface area (TPSA) is 57.6 Å². The van der Waals surface area contributed by atoms with E-state index >= 15 is 0 Å². The summed E-state index contributed by atoms with van der Waals surface area (Å²) in [5.74, 6) is 1.76. The third kappa shape index (κ3) is 2.94. The van der Waals surface area contributed by atoms with E-state index in [4.69, 9.17) is 14.7 Å². The van der Waals surface area contributed by atoms with Crippen LogP contribution >= 0.6 is 0 Å². The molecule has 4 rings (SSSR count). The molecule has 2 saturated heterocycles. The van der Waals surface area contributed by atoms with E-state index in [0.29, 0.717) is 0 Å². The average Bonchev–Trinajstić information content (AvgIpc) is 2.62. The second-order valence-corrected chi connectivity index (χ2v) is 6.11. The minimum absolute atomic E-state index is 0.738. The lowest BCUT2D eigenvalue weighted by atomic mass is 10.3. The number of fused-ring (bicyclic) bond motifs is 1. The second-order valence-electron chi connectivity index (χ2n) is 6.11. The van der Waals surface area contributed by atoms with Crippen LogP contribution in [0, 0.1) is 0 Å². The number of anilines is 2. The molecule has 0 aliphatic carbocycles.